The molecule has 0 unspecified atom stereocenters. The number of carbonyl (C=O) groups excluding carboxylic acids is 1. The van der Waals surface area contributed by atoms with Gasteiger partial charge in [0.2, 0.25) is 5.78 Å². The Morgan fingerprint density at radius 1 is 1.28 bits per heavy atom. The van der Waals surface area contributed by atoms with Crippen LogP contribution in [0.2, 0.25) is 10.0 Å². The van der Waals surface area contributed by atoms with E-state index >= 15 is 0 Å². The van der Waals surface area contributed by atoms with E-state index in [4.69, 9.17) is 27.9 Å². The van der Waals surface area contributed by atoms with Crippen molar-refractivity contribution in [2.45, 2.75) is 0 Å². The maximum absolute atomic E-state index is 12.2. The molecule has 1 aromatic carbocycles. The summed E-state index contributed by atoms with van der Waals surface area (Å²) in [6.07, 6.45) is 0. The standard InChI is InChI=1S/C12H7BrCl2O2S/c1-17-9-5-7(14)6(4-8(9)15)12(16)10-2-3-11(13)18-10/h2-5H,1H3. The highest BCUT2D eigenvalue weighted by molar-refractivity contribution is 9.11. The minimum Gasteiger partial charge on any atom is -0.495 e. The monoisotopic (exact) mass is 364 g/mol. The molecule has 0 spiro atoms. The number of benzene rings is 1. The second-order valence-corrected chi connectivity index (χ2v) is 6.68. The van der Waals surface area contributed by atoms with Crippen molar-refractivity contribution in [3.8, 4) is 5.75 Å². The van der Waals surface area contributed by atoms with Crippen molar-refractivity contribution in [1.82, 2.24) is 0 Å². The fourth-order valence-electron chi connectivity index (χ4n) is 1.43. The fraction of sp³-hybridized carbons (Fsp3) is 0.0833. The summed E-state index contributed by atoms with van der Waals surface area (Å²) in [4.78, 5) is 12.8. The van der Waals surface area contributed by atoms with Gasteiger partial charge in [-0.3, -0.25) is 4.79 Å². The zero-order chi connectivity index (χ0) is 13.3. The number of carbonyl (C=O) groups is 1. The molecule has 0 amide bonds. The van der Waals surface area contributed by atoms with Crippen LogP contribution in [0.4, 0.5) is 0 Å². The zero-order valence-corrected chi connectivity index (χ0v) is 13.1. The third-order valence-electron chi connectivity index (χ3n) is 2.28. The quantitative estimate of drug-likeness (QED) is 0.711. The molecule has 0 aliphatic heterocycles. The normalized spacial score (nSPS) is 10.4. The minimum absolute atomic E-state index is 0.153. The number of rotatable bonds is 3. The molecular formula is C12H7BrCl2O2S. The van der Waals surface area contributed by atoms with Gasteiger partial charge in [0.25, 0.3) is 0 Å². The van der Waals surface area contributed by atoms with Crippen molar-refractivity contribution >= 4 is 56.3 Å². The summed E-state index contributed by atoms with van der Waals surface area (Å²) < 4.78 is 5.93. The van der Waals surface area contributed by atoms with E-state index in [1.165, 1.54) is 24.5 Å². The summed E-state index contributed by atoms with van der Waals surface area (Å²) in [5.74, 6) is 0.297. The van der Waals surface area contributed by atoms with E-state index in [-0.39, 0.29) is 5.78 Å². The zero-order valence-electron chi connectivity index (χ0n) is 9.17. The molecule has 2 nitrogen and oxygen atoms in total. The second-order valence-electron chi connectivity index (χ2n) is 3.40. The van der Waals surface area contributed by atoms with Crippen LogP contribution in [-0.4, -0.2) is 12.9 Å². The fourth-order valence-corrected chi connectivity index (χ4v) is 3.25. The van der Waals surface area contributed by atoms with Crippen LogP contribution in [0.25, 0.3) is 0 Å². The minimum atomic E-state index is -0.153. The summed E-state index contributed by atoms with van der Waals surface area (Å²) in [6, 6.07) is 6.63. The van der Waals surface area contributed by atoms with E-state index in [1.54, 1.807) is 12.1 Å². The van der Waals surface area contributed by atoms with Gasteiger partial charge in [-0.05, 0) is 34.1 Å². The van der Waals surface area contributed by atoms with E-state index in [0.717, 1.165) is 3.79 Å². The molecule has 2 rings (SSSR count). The lowest BCUT2D eigenvalue weighted by Crippen LogP contribution is -2.00. The van der Waals surface area contributed by atoms with Gasteiger partial charge in [0.15, 0.2) is 0 Å². The summed E-state index contributed by atoms with van der Waals surface area (Å²) in [5, 5.41) is 0.687. The molecule has 94 valence electrons. The molecule has 0 atom stereocenters. The second kappa shape index (κ2) is 5.61. The van der Waals surface area contributed by atoms with Crippen molar-refractivity contribution in [2.24, 2.45) is 0 Å². The van der Waals surface area contributed by atoms with Crippen molar-refractivity contribution in [3.05, 3.63) is 48.5 Å². The Morgan fingerprint density at radius 2 is 2.00 bits per heavy atom. The average Bonchev–Trinajstić information content (AvgIpc) is 2.77. The van der Waals surface area contributed by atoms with Crippen LogP contribution in [0, 0.1) is 0 Å². The molecule has 0 bridgehead atoms. The van der Waals surface area contributed by atoms with Gasteiger partial charge in [-0.1, -0.05) is 23.2 Å². The highest BCUT2D eigenvalue weighted by Crippen LogP contribution is 2.33. The average molecular weight is 366 g/mol. The number of thiophene rings is 1. The van der Waals surface area contributed by atoms with Crippen molar-refractivity contribution in [3.63, 3.8) is 0 Å². The van der Waals surface area contributed by atoms with Crippen molar-refractivity contribution < 1.29 is 9.53 Å². The first-order chi connectivity index (χ1) is 8.52. The molecule has 1 aromatic heterocycles. The Balaban J connectivity index is 2.45. The number of hydrogen-bond donors (Lipinski definition) is 0. The lowest BCUT2D eigenvalue weighted by Gasteiger charge is -2.07. The van der Waals surface area contributed by atoms with Crippen LogP contribution in [0.3, 0.4) is 0 Å². The topological polar surface area (TPSA) is 26.3 Å². The van der Waals surface area contributed by atoms with E-state index in [0.29, 0.717) is 26.2 Å². The van der Waals surface area contributed by atoms with Gasteiger partial charge in [-0.15, -0.1) is 11.3 Å². The molecule has 18 heavy (non-hydrogen) atoms. The molecule has 0 aliphatic carbocycles. The predicted octanol–water partition coefficient (Wildman–Crippen LogP) is 5.06. The van der Waals surface area contributed by atoms with Gasteiger partial charge in [-0.2, -0.15) is 0 Å². The van der Waals surface area contributed by atoms with Gasteiger partial charge in [0.05, 0.1) is 25.8 Å². The molecule has 0 fully saturated rings. The smallest absolute Gasteiger partial charge is 0.204 e. The largest absolute Gasteiger partial charge is 0.495 e. The van der Waals surface area contributed by atoms with Gasteiger partial charge < -0.3 is 4.74 Å². The van der Waals surface area contributed by atoms with E-state index in [1.807, 2.05) is 6.07 Å². The Morgan fingerprint density at radius 3 is 2.56 bits per heavy atom. The van der Waals surface area contributed by atoms with Crippen molar-refractivity contribution in [2.75, 3.05) is 7.11 Å². The van der Waals surface area contributed by atoms with Gasteiger partial charge in [-0.25, -0.2) is 0 Å². The van der Waals surface area contributed by atoms with Crippen LogP contribution in [-0.2, 0) is 0 Å². The molecule has 0 aliphatic rings. The summed E-state index contributed by atoms with van der Waals surface area (Å²) in [5.41, 5.74) is 0.372. The van der Waals surface area contributed by atoms with Crippen LogP contribution < -0.4 is 4.74 Å². The number of hydrogen-bond acceptors (Lipinski definition) is 3. The third kappa shape index (κ3) is 2.72. The third-order valence-corrected chi connectivity index (χ3v) is 4.51. The van der Waals surface area contributed by atoms with E-state index in [9.17, 15) is 4.79 Å². The molecule has 0 N–H and O–H groups in total. The molecule has 0 radical (unpaired) electrons. The lowest BCUT2D eigenvalue weighted by atomic mass is 10.1. The van der Waals surface area contributed by atoms with Gasteiger partial charge >= 0.3 is 0 Å². The van der Waals surface area contributed by atoms with Gasteiger partial charge in [0, 0.05) is 11.6 Å². The summed E-state index contributed by atoms with van der Waals surface area (Å²) in [6.45, 7) is 0. The van der Waals surface area contributed by atoms with Crippen LogP contribution >= 0.6 is 50.5 Å². The molecule has 0 saturated carbocycles. The SMILES string of the molecule is COc1cc(Cl)c(C(=O)c2ccc(Br)s2)cc1Cl. The maximum atomic E-state index is 12.2. The first-order valence-electron chi connectivity index (χ1n) is 4.86. The highest BCUT2D eigenvalue weighted by Gasteiger charge is 2.17. The van der Waals surface area contributed by atoms with Crippen molar-refractivity contribution in [1.29, 1.82) is 0 Å². The Labute approximate surface area is 127 Å². The van der Waals surface area contributed by atoms with Crippen LogP contribution in [0.5, 0.6) is 5.75 Å². The molecular weight excluding hydrogens is 359 g/mol. The summed E-state index contributed by atoms with van der Waals surface area (Å²) in [7, 11) is 1.50. The van der Waals surface area contributed by atoms with E-state index < -0.39 is 0 Å². The first kappa shape index (κ1) is 13.9. The molecule has 2 aromatic rings. The lowest BCUT2D eigenvalue weighted by molar-refractivity contribution is 0.104. The summed E-state index contributed by atoms with van der Waals surface area (Å²) >= 11 is 16.7. The van der Waals surface area contributed by atoms with Crippen LogP contribution in [0.15, 0.2) is 28.1 Å². The van der Waals surface area contributed by atoms with E-state index in [2.05, 4.69) is 15.9 Å². The Bertz CT molecular complexity index is 610. The number of ketones is 1. The van der Waals surface area contributed by atoms with Gasteiger partial charge in [0.1, 0.15) is 5.75 Å². The number of ether oxygens (including phenoxy) is 1. The highest BCUT2D eigenvalue weighted by atomic mass is 79.9. The molecule has 1 heterocycles. The maximum Gasteiger partial charge on any atom is 0.204 e. The number of methoxy groups -OCH3 is 1. The van der Waals surface area contributed by atoms with Crippen LogP contribution in [0.1, 0.15) is 15.2 Å². The first-order valence-corrected chi connectivity index (χ1v) is 7.22. The molecule has 6 heteroatoms. The molecule has 0 saturated heterocycles. The Hall–Kier alpha value is -0.550. The predicted molar refractivity (Wildman–Crippen MR) is 78.5 cm³/mol. The Kier molecular flexibility index (Phi) is 4.33. The number of halogens is 3.